The van der Waals surface area contributed by atoms with Crippen LogP contribution in [-0.2, 0) is 0 Å². The number of nitrogens with two attached hydrogens (primary N) is 1. The number of aryl methyl sites for hydroxylation is 1. The van der Waals surface area contributed by atoms with Crippen LogP contribution in [0, 0.1) is 6.92 Å². The molecule has 12 heavy (non-hydrogen) atoms. The van der Waals surface area contributed by atoms with E-state index in [1.165, 1.54) is 11.5 Å². The minimum absolute atomic E-state index is 0.334. The molecule has 0 fully saturated rings. The average Bonchev–Trinajstić information content (AvgIpc) is 2.58. The second-order valence-electron chi connectivity index (χ2n) is 2.20. The first-order valence-corrected chi connectivity index (χ1v) is 4.86. The van der Waals surface area contributed by atoms with Crippen LogP contribution < -0.4 is 5.73 Å². The van der Waals surface area contributed by atoms with Crippen LogP contribution in [0.25, 0.3) is 9.88 Å². The number of thiazole rings is 1. The minimum Gasteiger partial charge on any atom is -0.367 e. The van der Waals surface area contributed by atoms with Crippen LogP contribution in [0.5, 0.6) is 0 Å². The van der Waals surface area contributed by atoms with Gasteiger partial charge >= 0.3 is 0 Å². The molecule has 0 aliphatic rings. The molecule has 0 radical (unpaired) electrons. The highest BCUT2D eigenvalue weighted by Gasteiger charge is 2.06. The molecule has 0 bridgehead atoms. The molecule has 0 aromatic carbocycles. The molecule has 0 spiro atoms. The van der Waals surface area contributed by atoms with E-state index in [-0.39, 0.29) is 0 Å². The predicted molar refractivity (Wildman–Crippen MR) is 50.2 cm³/mol. The average molecular weight is 198 g/mol. The van der Waals surface area contributed by atoms with E-state index < -0.39 is 0 Å². The summed E-state index contributed by atoms with van der Waals surface area (Å²) in [5, 5.41) is 1.87. The lowest BCUT2D eigenvalue weighted by molar-refractivity contribution is 1.29. The summed E-state index contributed by atoms with van der Waals surface area (Å²) in [6.45, 7) is 1.96. The van der Waals surface area contributed by atoms with Crippen molar-refractivity contribution < 1.29 is 0 Å². The topological polar surface area (TPSA) is 64.7 Å². The van der Waals surface area contributed by atoms with Gasteiger partial charge in [0, 0.05) is 6.20 Å². The van der Waals surface area contributed by atoms with Crippen molar-refractivity contribution in [1.29, 1.82) is 0 Å². The fraction of sp³-hybridized carbons (Fsp3) is 0.167. The highest BCUT2D eigenvalue weighted by Crippen LogP contribution is 2.27. The van der Waals surface area contributed by atoms with Crippen LogP contribution in [0.4, 0.5) is 5.95 Å². The quantitative estimate of drug-likeness (QED) is 0.755. The number of anilines is 1. The lowest BCUT2D eigenvalue weighted by atomic mass is 10.6. The summed E-state index contributed by atoms with van der Waals surface area (Å²) in [4.78, 5) is 9.20. The Kier molecular flexibility index (Phi) is 1.78. The Labute approximate surface area is 77.3 Å². The number of hydrogen-bond acceptors (Lipinski definition) is 6. The first kappa shape index (κ1) is 7.63. The van der Waals surface area contributed by atoms with Crippen LogP contribution in [0.15, 0.2) is 6.20 Å². The Morgan fingerprint density at radius 1 is 1.50 bits per heavy atom. The first-order chi connectivity index (χ1) is 5.75. The molecular formula is C6H6N4S2. The third kappa shape index (κ3) is 1.30. The van der Waals surface area contributed by atoms with E-state index in [0.717, 1.165) is 14.9 Å². The second kappa shape index (κ2) is 2.80. The summed E-state index contributed by atoms with van der Waals surface area (Å²) in [6.07, 6.45) is 1.79. The predicted octanol–water partition coefficient (Wildman–Crippen LogP) is 1.55. The van der Waals surface area contributed by atoms with Crippen LogP contribution in [0.2, 0.25) is 0 Å². The van der Waals surface area contributed by atoms with E-state index in [4.69, 9.17) is 5.73 Å². The van der Waals surface area contributed by atoms with Gasteiger partial charge in [-0.05, 0) is 18.5 Å². The van der Waals surface area contributed by atoms with Gasteiger partial charge in [0.2, 0.25) is 5.95 Å². The maximum absolute atomic E-state index is 5.40. The Morgan fingerprint density at radius 3 is 2.83 bits per heavy atom. The Morgan fingerprint density at radius 2 is 2.33 bits per heavy atom. The molecule has 6 heteroatoms. The molecule has 2 heterocycles. The summed E-state index contributed by atoms with van der Waals surface area (Å²) in [5.41, 5.74) is 5.40. The van der Waals surface area contributed by atoms with Gasteiger partial charge in [0.15, 0.2) is 5.01 Å². The highest BCUT2D eigenvalue weighted by atomic mass is 32.1. The zero-order valence-corrected chi connectivity index (χ0v) is 7.95. The maximum atomic E-state index is 5.40. The van der Waals surface area contributed by atoms with E-state index in [0.29, 0.717) is 5.95 Å². The lowest BCUT2D eigenvalue weighted by Gasteiger charge is -1.81. The van der Waals surface area contributed by atoms with Gasteiger partial charge in [-0.15, -0.1) is 11.3 Å². The summed E-state index contributed by atoms with van der Waals surface area (Å²) in [7, 11) is 0. The van der Waals surface area contributed by atoms with E-state index in [1.54, 1.807) is 17.5 Å². The highest BCUT2D eigenvalue weighted by molar-refractivity contribution is 7.19. The maximum Gasteiger partial charge on any atom is 0.232 e. The molecule has 2 aromatic heterocycles. The SMILES string of the molecule is Cc1ncc(-c2nc(N)ns2)s1. The van der Waals surface area contributed by atoms with Crippen LogP contribution >= 0.6 is 22.9 Å². The van der Waals surface area contributed by atoms with Crippen molar-refractivity contribution in [1.82, 2.24) is 14.3 Å². The molecule has 0 atom stereocenters. The Balaban J connectivity index is 2.43. The fourth-order valence-corrected chi connectivity index (χ4v) is 2.19. The number of aromatic nitrogens is 3. The van der Waals surface area contributed by atoms with Crippen LogP contribution in [0.3, 0.4) is 0 Å². The van der Waals surface area contributed by atoms with Gasteiger partial charge in [0.25, 0.3) is 0 Å². The van der Waals surface area contributed by atoms with E-state index >= 15 is 0 Å². The first-order valence-electron chi connectivity index (χ1n) is 3.27. The van der Waals surface area contributed by atoms with Crippen molar-refractivity contribution in [3.63, 3.8) is 0 Å². The Bertz CT molecular complexity index is 353. The van der Waals surface area contributed by atoms with Gasteiger partial charge in [-0.3, -0.25) is 0 Å². The van der Waals surface area contributed by atoms with Crippen molar-refractivity contribution in [2.24, 2.45) is 0 Å². The van der Waals surface area contributed by atoms with Gasteiger partial charge in [-0.2, -0.15) is 9.36 Å². The van der Waals surface area contributed by atoms with E-state index in [2.05, 4.69) is 14.3 Å². The lowest BCUT2D eigenvalue weighted by Crippen LogP contribution is -1.84. The second-order valence-corrected chi connectivity index (χ2v) is 4.19. The molecule has 2 aromatic rings. The standard InChI is InChI=1S/C6H6N4S2/c1-3-8-2-4(11-3)5-9-6(7)10-12-5/h2H,1H3,(H2,7,10). The van der Waals surface area contributed by atoms with Gasteiger partial charge in [0.1, 0.15) is 0 Å². The molecule has 0 saturated carbocycles. The third-order valence-electron chi connectivity index (χ3n) is 1.27. The summed E-state index contributed by atoms with van der Waals surface area (Å²) >= 11 is 2.90. The third-order valence-corrected chi connectivity index (χ3v) is 3.08. The zero-order valence-electron chi connectivity index (χ0n) is 6.31. The molecule has 0 aliphatic carbocycles. The van der Waals surface area contributed by atoms with Crippen LogP contribution in [-0.4, -0.2) is 14.3 Å². The van der Waals surface area contributed by atoms with Gasteiger partial charge < -0.3 is 5.73 Å². The molecule has 0 aliphatic heterocycles. The van der Waals surface area contributed by atoms with Crippen molar-refractivity contribution in [3.8, 4) is 9.88 Å². The molecule has 0 saturated heterocycles. The van der Waals surface area contributed by atoms with Gasteiger partial charge in [-0.1, -0.05) is 0 Å². The van der Waals surface area contributed by atoms with E-state index in [9.17, 15) is 0 Å². The van der Waals surface area contributed by atoms with E-state index in [1.807, 2.05) is 6.92 Å². The summed E-state index contributed by atoms with van der Waals surface area (Å²) in [5.74, 6) is 0.334. The van der Waals surface area contributed by atoms with Gasteiger partial charge in [-0.25, -0.2) is 4.98 Å². The zero-order chi connectivity index (χ0) is 8.55. The van der Waals surface area contributed by atoms with Crippen LogP contribution in [0.1, 0.15) is 5.01 Å². The molecule has 2 N–H and O–H groups in total. The number of nitrogens with zero attached hydrogens (tertiary/aromatic N) is 3. The number of hydrogen-bond donors (Lipinski definition) is 1. The molecule has 4 nitrogen and oxygen atoms in total. The molecule has 0 amide bonds. The smallest absolute Gasteiger partial charge is 0.232 e. The number of nitrogen functional groups attached to an aromatic ring is 1. The van der Waals surface area contributed by atoms with Gasteiger partial charge in [0.05, 0.1) is 9.88 Å². The van der Waals surface area contributed by atoms with Crippen molar-refractivity contribution in [2.45, 2.75) is 6.92 Å². The normalized spacial score (nSPS) is 10.4. The van der Waals surface area contributed by atoms with Crippen molar-refractivity contribution in [2.75, 3.05) is 5.73 Å². The monoisotopic (exact) mass is 198 g/mol. The molecule has 0 unspecified atom stereocenters. The number of rotatable bonds is 1. The van der Waals surface area contributed by atoms with Crippen molar-refractivity contribution >= 4 is 28.8 Å². The fourth-order valence-electron chi connectivity index (χ4n) is 0.795. The largest absolute Gasteiger partial charge is 0.367 e. The summed E-state index contributed by atoms with van der Waals surface area (Å²) < 4.78 is 3.89. The Hall–Kier alpha value is -1.01. The van der Waals surface area contributed by atoms with Crippen molar-refractivity contribution in [3.05, 3.63) is 11.2 Å². The molecule has 62 valence electrons. The molecule has 2 rings (SSSR count). The summed E-state index contributed by atoms with van der Waals surface area (Å²) in [6, 6.07) is 0. The minimum atomic E-state index is 0.334. The molecular weight excluding hydrogens is 192 g/mol.